The summed E-state index contributed by atoms with van der Waals surface area (Å²) in [6, 6.07) is 0. The van der Waals surface area contributed by atoms with E-state index in [0.717, 1.165) is 26.4 Å². The first-order chi connectivity index (χ1) is 9.86. The van der Waals surface area contributed by atoms with Crippen molar-refractivity contribution < 1.29 is 9.47 Å². The molecule has 0 spiro atoms. The lowest BCUT2D eigenvalue weighted by atomic mass is 10.2. The number of piperazine rings is 1. The van der Waals surface area contributed by atoms with Crippen LogP contribution in [-0.4, -0.2) is 76.0 Å². The number of hydrogen-bond acceptors (Lipinski definition) is 4. The van der Waals surface area contributed by atoms with Crippen molar-refractivity contribution in [1.82, 2.24) is 9.80 Å². The van der Waals surface area contributed by atoms with Crippen LogP contribution in [0.2, 0.25) is 0 Å². The summed E-state index contributed by atoms with van der Waals surface area (Å²) < 4.78 is 10.7. The highest BCUT2D eigenvalue weighted by Gasteiger charge is 2.15. The quantitative estimate of drug-likeness (QED) is 0.514. The highest BCUT2D eigenvalue weighted by atomic mass is 16.5. The monoisotopic (exact) mass is 286 g/mol. The molecular weight excluding hydrogens is 252 g/mol. The van der Waals surface area contributed by atoms with E-state index >= 15 is 0 Å². The fraction of sp³-hybridized carbons (Fsp3) is 1.00. The molecule has 0 bridgehead atoms. The second kappa shape index (κ2) is 12.6. The van der Waals surface area contributed by atoms with Gasteiger partial charge in [-0.2, -0.15) is 0 Å². The van der Waals surface area contributed by atoms with Gasteiger partial charge in [0.1, 0.15) is 0 Å². The molecule has 0 aromatic carbocycles. The van der Waals surface area contributed by atoms with E-state index in [2.05, 4.69) is 16.7 Å². The Bertz CT molecular complexity index is 185. The Labute approximate surface area is 125 Å². The Kier molecular flexibility index (Phi) is 11.2. The predicted octanol–water partition coefficient (Wildman–Crippen LogP) is 2.24. The molecule has 1 aliphatic rings. The highest BCUT2D eigenvalue weighted by Crippen LogP contribution is 2.05. The molecule has 0 amide bonds. The second-order valence-electron chi connectivity index (χ2n) is 5.70. The third-order valence-electron chi connectivity index (χ3n) is 3.98. The van der Waals surface area contributed by atoms with Crippen LogP contribution >= 0.6 is 0 Å². The molecule has 4 nitrogen and oxygen atoms in total. The Morgan fingerprint density at radius 2 is 1.45 bits per heavy atom. The van der Waals surface area contributed by atoms with E-state index in [-0.39, 0.29) is 0 Å². The molecule has 0 N–H and O–H groups in total. The minimum atomic E-state index is 0.900. The Balaban J connectivity index is 1.91. The van der Waals surface area contributed by atoms with Crippen molar-refractivity contribution in [3.63, 3.8) is 0 Å². The average molecular weight is 286 g/mol. The van der Waals surface area contributed by atoms with E-state index in [1.807, 2.05) is 0 Å². The Morgan fingerprint density at radius 3 is 2.10 bits per heavy atom. The number of rotatable bonds is 12. The first-order valence-electron chi connectivity index (χ1n) is 8.38. The van der Waals surface area contributed by atoms with Crippen molar-refractivity contribution in [2.45, 2.75) is 39.0 Å². The molecule has 0 saturated carbocycles. The van der Waals surface area contributed by atoms with Gasteiger partial charge >= 0.3 is 0 Å². The molecule has 120 valence electrons. The van der Waals surface area contributed by atoms with Gasteiger partial charge in [0, 0.05) is 53.0 Å². The van der Waals surface area contributed by atoms with Gasteiger partial charge in [0.15, 0.2) is 0 Å². The van der Waals surface area contributed by atoms with Gasteiger partial charge in [0.2, 0.25) is 0 Å². The summed E-state index contributed by atoms with van der Waals surface area (Å²) in [7, 11) is 1.78. The number of methoxy groups -OCH3 is 1. The van der Waals surface area contributed by atoms with Gasteiger partial charge in [-0.3, -0.25) is 4.90 Å². The summed E-state index contributed by atoms with van der Waals surface area (Å²) in [6.45, 7) is 12.2. The van der Waals surface area contributed by atoms with E-state index in [0.29, 0.717) is 0 Å². The van der Waals surface area contributed by atoms with Crippen LogP contribution in [0.25, 0.3) is 0 Å². The smallest absolute Gasteiger partial charge is 0.0593 e. The van der Waals surface area contributed by atoms with Crippen LogP contribution in [0.15, 0.2) is 0 Å². The van der Waals surface area contributed by atoms with Gasteiger partial charge in [-0.1, -0.05) is 13.3 Å². The molecule has 1 rings (SSSR count). The van der Waals surface area contributed by atoms with Crippen LogP contribution in [0.4, 0.5) is 0 Å². The number of hydrogen-bond donors (Lipinski definition) is 0. The van der Waals surface area contributed by atoms with Crippen molar-refractivity contribution in [2.24, 2.45) is 0 Å². The van der Waals surface area contributed by atoms with Crippen LogP contribution in [0.1, 0.15) is 39.0 Å². The maximum absolute atomic E-state index is 5.64. The molecule has 1 aliphatic heterocycles. The van der Waals surface area contributed by atoms with Crippen LogP contribution in [-0.2, 0) is 9.47 Å². The van der Waals surface area contributed by atoms with E-state index in [1.165, 1.54) is 64.8 Å². The summed E-state index contributed by atoms with van der Waals surface area (Å²) >= 11 is 0. The van der Waals surface area contributed by atoms with Gasteiger partial charge in [-0.15, -0.1) is 0 Å². The minimum absolute atomic E-state index is 0.900. The van der Waals surface area contributed by atoms with Crippen molar-refractivity contribution >= 4 is 0 Å². The fourth-order valence-electron chi connectivity index (χ4n) is 2.54. The molecule has 0 atom stereocenters. The zero-order chi connectivity index (χ0) is 14.5. The van der Waals surface area contributed by atoms with Crippen LogP contribution < -0.4 is 0 Å². The second-order valence-corrected chi connectivity index (χ2v) is 5.70. The molecule has 0 aromatic heterocycles. The predicted molar refractivity (Wildman–Crippen MR) is 84.3 cm³/mol. The number of nitrogens with zero attached hydrogens (tertiary/aromatic N) is 2. The Morgan fingerprint density at radius 1 is 0.750 bits per heavy atom. The maximum atomic E-state index is 5.64. The Hall–Kier alpha value is -0.160. The summed E-state index contributed by atoms with van der Waals surface area (Å²) in [4.78, 5) is 5.13. The number of ether oxygens (including phenoxy) is 2. The van der Waals surface area contributed by atoms with E-state index in [1.54, 1.807) is 7.11 Å². The summed E-state index contributed by atoms with van der Waals surface area (Å²) in [5, 5.41) is 0. The largest absolute Gasteiger partial charge is 0.385 e. The summed E-state index contributed by atoms with van der Waals surface area (Å²) in [5.74, 6) is 0. The SMILES string of the molecule is CCCCOCCN1CCN(CCCCCOC)CC1. The highest BCUT2D eigenvalue weighted by molar-refractivity contribution is 4.71. The van der Waals surface area contributed by atoms with Gasteiger partial charge in [-0.25, -0.2) is 0 Å². The van der Waals surface area contributed by atoms with Gasteiger partial charge in [0.05, 0.1) is 6.61 Å². The zero-order valence-electron chi connectivity index (χ0n) is 13.6. The molecule has 1 fully saturated rings. The van der Waals surface area contributed by atoms with Gasteiger partial charge in [-0.05, 0) is 32.2 Å². The molecule has 1 saturated heterocycles. The van der Waals surface area contributed by atoms with E-state index < -0.39 is 0 Å². The molecule has 0 aliphatic carbocycles. The molecule has 1 heterocycles. The maximum Gasteiger partial charge on any atom is 0.0593 e. The van der Waals surface area contributed by atoms with Crippen LogP contribution in [0.5, 0.6) is 0 Å². The molecule has 0 unspecified atom stereocenters. The molecule has 20 heavy (non-hydrogen) atoms. The molecule has 0 radical (unpaired) electrons. The van der Waals surface area contributed by atoms with Crippen molar-refractivity contribution in [2.75, 3.05) is 66.2 Å². The first-order valence-corrected chi connectivity index (χ1v) is 8.38. The normalized spacial score (nSPS) is 17.7. The van der Waals surface area contributed by atoms with Gasteiger partial charge in [0.25, 0.3) is 0 Å². The lowest BCUT2D eigenvalue weighted by molar-refractivity contribution is 0.0738. The van der Waals surface area contributed by atoms with Crippen LogP contribution in [0.3, 0.4) is 0 Å². The van der Waals surface area contributed by atoms with Crippen molar-refractivity contribution in [1.29, 1.82) is 0 Å². The fourth-order valence-corrected chi connectivity index (χ4v) is 2.54. The average Bonchev–Trinajstić information content (AvgIpc) is 2.48. The van der Waals surface area contributed by atoms with Crippen molar-refractivity contribution in [3.8, 4) is 0 Å². The standard InChI is InChI=1S/C16H34N2O2/c1-3-4-15-20-16-13-18-11-9-17(10-12-18)8-6-5-7-14-19-2/h3-16H2,1-2H3. The minimum Gasteiger partial charge on any atom is -0.385 e. The molecular formula is C16H34N2O2. The lowest BCUT2D eigenvalue weighted by Crippen LogP contribution is -2.47. The zero-order valence-corrected chi connectivity index (χ0v) is 13.6. The third-order valence-corrected chi connectivity index (χ3v) is 3.98. The number of unbranched alkanes of at least 4 members (excludes halogenated alkanes) is 3. The van der Waals surface area contributed by atoms with Crippen LogP contribution in [0, 0.1) is 0 Å². The first kappa shape index (κ1) is 17.9. The van der Waals surface area contributed by atoms with E-state index in [4.69, 9.17) is 9.47 Å². The summed E-state index contributed by atoms with van der Waals surface area (Å²) in [6.07, 6.45) is 6.22. The third kappa shape index (κ3) is 8.90. The van der Waals surface area contributed by atoms with Crippen molar-refractivity contribution in [3.05, 3.63) is 0 Å². The molecule has 4 heteroatoms. The topological polar surface area (TPSA) is 24.9 Å². The molecule has 0 aromatic rings. The van der Waals surface area contributed by atoms with Gasteiger partial charge < -0.3 is 14.4 Å². The lowest BCUT2D eigenvalue weighted by Gasteiger charge is -2.34. The summed E-state index contributed by atoms with van der Waals surface area (Å²) in [5.41, 5.74) is 0. The van der Waals surface area contributed by atoms with E-state index in [9.17, 15) is 0 Å².